The van der Waals surface area contributed by atoms with Crippen LogP contribution >= 0.6 is 22.6 Å². The quantitative estimate of drug-likeness (QED) is 0.464. The van der Waals surface area contributed by atoms with E-state index in [1.807, 2.05) is 0 Å². The van der Waals surface area contributed by atoms with Gasteiger partial charge in [-0.2, -0.15) is 13.2 Å². The summed E-state index contributed by atoms with van der Waals surface area (Å²) in [6.07, 6.45) is -7.95. The van der Waals surface area contributed by atoms with Crippen molar-refractivity contribution in [3.8, 4) is 0 Å². The fraction of sp³-hybridized carbons (Fsp3) is 0.250. The van der Waals surface area contributed by atoms with Gasteiger partial charge in [0.05, 0.1) is 3.57 Å². The highest BCUT2D eigenvalue weighted by Crippen LogP contribution is 2.35. The average Bonchev–Trinajstić information content (AvgIpc) is 2.15. The summed E-state index contributed by atoms with van der Waals surface area (Å²) >= 11 is 1.14. The van der Waals surface area contributed by atoms with Gasteiger partial charge < -0.3 is 0 Å². The van der Waals surface area contributed by atoms with Crippen LogP contribution in [0, 0.1) is 3.57 Å². The number of hydrogen-bond donors (Lipinski definition) is 0. The number of carbonyl (C=O) groups excluding carboxylic acids is 1. The number of alkyl halides is 5. The van der Waals surface area contributed by atoms with E-state index >= 15 is 0 Å². The molecule has 2 nitrogen and oxygen atoms in total. The molecule has 8 heteroatoms. The first-order valence-electron chi connectivity index (χ1n) is 3.78. The molecule has 0 radical (unpaired) electrons. The van der Waals surface area contributed by atoms with Crippen molar-refractivity contribution in [1.82, 2.24) is 4.98 Å². The van der Waals surface area contributed by atoms with Crippen molar-refractivity contribution in [2.75, 3.05) is 0 Å². The lowest BCUT2D eigenvalue weighted by atomic mass is 10.2. The van der Waals surface area contributed by atoms with Crippen LogP contribution in [0.5, 0.6) is 0 Å². The molecule has 0 fully saturated rings. The van der Waals surface area contributed by atoms with Gasteiger partial charge in [-0.05, 0) is 28.7 Å². The number of aromatic nitrogens is 1. The number of rotatable bonds is 2. The lowest BCUT2D eigenvalue weighted by Gasteiger charge is -2.12. The molecule has 88 valence electrons. The van der Waals surface area contributed by atoms with Crippen molar-refractivity contribution in [3.05, 3.63) is 26.6 Å². The van der Waals surface area contributed by atoms with Gasteiger partial charge in [-0.1, -0.05) is 0 Å². The summed E-state index contributed by atoms with van der Waals surface area (Å²) in [6, 6.07) is 0.647. The third-order valence-corrected chi connectivity index (χ3v) is 2.76. The van der Waals surface area contributed by atoms with Crippen LogP contribution in [0.25, 0.3) is 0 Å². The Hall–Kier alpha value is -0.800. The zero-order valence-electron chi connectivity index (χ0n) is 7.36. The van der Waals surface area contributed by atoms with Crippen LogP contribution in [-0.4, -0.2) is 11.3 Å². The first-order valence-corrected chi connectivity index (χ1v) is 4.86. The Morgan fingerprint density at radius 1 is 1.38 bits per heavy atom. The lowest BCUT2D eigenvalue weighted by Crippen LogP contribution is -2.14. The van der Waals surface area contributed by atoms with Crippen molar-refractivity contribution >= 4 is 28.9 Å². The highest BCUT2D eigenvalue weighted by atomic mass is 127. The zero-order chi connectivity index (χ0) is 12.5. The molecule has 0 bridgehead atoms. The molecule has 0 atom stereocenters. The number of pyridine rings is 1. The van der Waals surface area contributed by atoms with E-state index in [9.17, 15) is 26.7 Å². The van der Waals surface area contributed by atoms with Gasteiger partial charge in [0.2, 0.25) is 0 Å². The van der Waals surface area contributed by atoms with E-state index in [0.717, 1.165) is 22.6 Å². The molecular weight excluding hydrogens is 348 g/mol. The molecule has 0 saturated heterocycles. The number of aldehydes is 1. The summed E-state index contributed by atoms with van der Waals surface area (Å²) in [5.41, 5.74) is -2.97. The van der Waals surface area contributed by atoms with E-state index in [1.165, 1.54) is 0 Å². The van der Waals surface area contributed by atoms with Crippen LogP contribution in [-0.2, 0) is 6.18 Å². The van der Waals surface area contributed by atoms with Crippen LogP contribution in [0.4, 0.5) is 22.0 Å². The van der Waals surface area contributed by atoms with Crippen LogP contribution in [0.15, 0.2) is 6.07 Å². The molecule has 0 aliphatic carbocycles. The molecule has 0 saturated carbocycles. The smallest absolute Gasteiger partial charge is 0.296 e. The van der Waals surface area contributed by atoms with E-state index < -0.39 is 33.1 Å². The van der Waals surface area contributed by atoms with E-state index in [2.05, 4.69) is 4.98 Å². The molecule has 0 amide bonds. The number of hydrogen-bond acceptors (Lipinski definition) is 2. The van der Waals surface area contributed by atoms with Crippen molar-refractivity contribution in [2.45, 2.75) is 12.6 Å². The minimum Gasteiger partial charge on any atom is -0.296 e. The molecule has 16 heavy (non-hydrogen) atoms. The summed E-state index contributed by atoms with van der Waals surface area (Å²) < 4.78 is 61.2. The van der Waals surface area contributed by atoms with Gasteiger partial charge in [0.1, 0.15) is 5.69 Å². The number of carbonyl (C=O) groups is 1. The van der Waals surface area contributed by atoms with Gasteiger partial charge in [0.15, 0.2) is 12.0 Å². The fourth-order valence-electron chi connectivity index (χ4n) is 0.977. The van der Waals surface area contributed by atoms with E-state index in [4.69, 9.17) is 0 Å². The zero-order valence-corrected chi connectivity index (χ0v) is 9.51. The average molecular weight is 351 g/mol. The predicted molar refractivity (Wildman–Crippen MR) is 52.3 cm³/mol. The molecular formula is C8H3F5INO. The first kappa shape index (κ1) is 13.3. The van der Waals surface area contributed by atoms with Crippen molar-refractivity contribution in [2.24, 2.45) is 0 Å². The van der Waals surface area contributed by atoms with Gasteiger partial charge in [0, 0.05) is 5.56 Å². The van der Waals surface area contributed by atoms with Crippen LogP contribution in [0.1, 0.15) is 28.2 Å². The molecule has 1 aromatic rings. The largest absolute Gasteiger partial charge is 0.434 e. The first-order chi connectivity index (χ1) is 7.27. The minimum absolute atomic E-state index is 0.00278. The summed E-state index contributed by atoms with van der Waals surface area (Å²) in [4.78, 5) is 13.3. The Morgan fingerprint density at radius 2 is 1.94 bits per heavy atom. The van der Waals surface area contributed by atoms with Crippen molar-refractivity contribution in [1.29, 1.82) is 0 Å². The predicted octanol–water partition coefficient (Wildman–Crippen LogP) is 3.46. The summed E-state index contributed by atoms with van der Waals surface area (Å²) in [5, 5.41) is 0. The second kappa shape index (κ2) is 4.60. The highest BCUT2D eigenvalue weighted by molar-refractivity contribution is 14.1. The maximum absolute atomic E-state index is 12.4. The summed E-state index contributed by atoms with van der Waals surface area (Å²) in [7, 11) is 0. The second-order valence-corrected chi connectivity index (χ2v) is 3.79. The maximum Gasteiger partial charge on any atom is 0.434 e. The molecule has 0 aliphatic heterocycles. The molecule has 0 aliphatic rings. The number of halogens is 6. The van der Waals surface area contributed by atoms with Crippen LogP contribution in [0.3, 0.4) is 0 Å². The Labute approximate surface area is 100.0 Å². The maximum atomic E-state index is 12.4. The standard InChI is InChI=1S/C8H3F5INO/c9-7(10)4-1-3(2-16)15-6(5(4)14)8(11,12)13/h1-2,7H. The minimum atomic E-state index is -4.86. The Balaban J connectivity index is 3.49. The van der Waals surface area contributed by atoms with Gasteiger partial charge in [-0.25, -0.2) is 13.8 Å². The highest BCUT2D eigenvalue weighted by Gasteiger charge is 2.37. The van der Waals surface area contributed by atoms with Crippen molar-refractivity contribution < 1.29 is 26.7 Å². The molecule has 0 unspecified atom stereocenters. The van der Waals surface area contributed by atoms with Crippen LogP contribution < -0.4 is 0 Å². The monoisotopic (exact) mass is 351 g/mol. The Bertz CT molecular complexity index is 418. The Morgan fingerprint density at radius 3 is 2.31 bits per heavy atom. The molecule has 1 aromatic heterocycles. The molecule has 0 spiro atoms. The van der Waals surface area contributed by atoms with Gasteiger partial charge in [-0.15, -0.1) is 0 Å². The molecule has 0 aromatic carbocycles. The topological polar surface area (TPSA) is 30.0 Å². The second-order valence-electron chi connectivity index (χ2n) is 2.72. The summed E-state index contributed by atoms with van der Waals surface area (Å²) in [5.74, 6) is 0. The Kier molecular flexibility index (Phi) is 3.81. The normalized spacial score (nSPS) is 11.9. The third-order valence-electron chi connectivity index (χ3n) is 1.63. The fourth-order valence-corrected chi connectivity index (χ4v) is 1.79. The van der Waals surface area contributed by atoms with Gasteiger partial charge in [0.25, 0.3) is 6.43 Å². The molecule has 1 heterocycles. The molecule has 0 N–H and O–H groups in total. The van der Waals surface area contributed by atoms with E-state index in [1.54, 1.807) is 0 Å². The third kappa shape index (κ3) is 2.66. The summed E-state index contributed by atoms with van der Waals surface area (Å²) in [6.45, 7) is 0. The van der Waals surface area contributed by atoms with Crippen LogP contribution in [0.2, 0.25) is 0 Å². The lowest BCUT2D eigenvalue weighted by molar-refractivity contribution is -0.142. The van der Waals surface area contributed by atoms with E-state index in [-0.39, 0.29) is 6.29 Å². The van der Waals surface area contributed by atoms with Gasteiger partial charge in [-0.3, -0.25) is 4.79 Å². The SMILES string of the molecule is O=Cc1cc(C(F)F)c(I)c(C(F)(F)F)n1. The van der Waals surface area contributed by atoms with Crippen molar-refractivity contribution in [3.63, 3.8) is 0 Å². The van der Waals surface area contributed by atoms with Gasteiger partial charge >= 0.3 is 6.18 Å². The van der Waals surface area contributed by atoms with E-state index in [0.29, 0.717) is 6.07 Å². The molecule has 1 rings (SSSR count). The number of nitrogens with zero attached hydrogens (tertiary/aromatic N) is 1.